The molecule has 2 aliphatic heterocycles. The van der Waals surface area contributed by atoms with Gasteiger partial charge in [-0.1, -0.05) is 32.6 Å². The molecular weight excluding hydrogens is 340 g/mol. The summed E-state index contributed by atoms with van der Waals surface area (Å²) in [7, 11) is 0. The Balaban J connectivity index is 1.77. The summed E-state index contributed by atoms with van der Waals surface area (Å²) in [6.07, 6.45) is 6.70. The minimum atomic E-state index is -0.715. The van der Waals surface area contributed by atoms with Crippen LogP contribution in [0, 0.1) is 26.1 Å². The molecule has 2 saturated heterocycles. The Kier molecular flexibility index (Phi) is 7.93. The molecule has 5 unspecified atom stereocenters. The first-order valence-electron chi connectivity index (χ1n) is 9.89. The van der Waals surface area contributed by atoms with Crippen molar-refractivity contribution < 1.29 is 19.4 Å². The zero-order chi connectivity index (χ0) is 19.1. The summed E-state index contributed by atoms with van der Waals surface area (Å²) in [6, 6.07) is -1.40. The zero-order valence-corrected chi connectivity index (χ0v) is 15.5. The predicted octanol–water partition coefficient (Wildman–Crippen LogP) is 3.55. The predicted molar refractivity (Wildman–Crippen MR) is 95.2 cm³/mol. The molecule has 3 aliphatic rings. The van der Waals surface area contributed by atoms with Crippen LogP contribution in [0.4, 0.5) is 0 Å². The summed E-state index contributed by atoms with van der Waals surface area (Å²) >= 11 is 0. The third-order valence-corrected chi connectivity index (χ3v) is 5.80. The van der Waals surface area contributed by atoms with E-state index in [0.29, 0.717) is 19.3 Å². The van der Waals surface area contributed by atoms with Crippen molar-refractivity contribution in [1.29, 1.82) is 0 Å². The lowest BCUT2D eigenvalue weighted by atomic mass is 9.75. The Morgan fingerprint density at radius 2 is 1.85 bits per heavy atom. The minimum Gasteiger partial charge on any atom is -0.360 e. The van der Waals surface area contributed by atoms with Crippen LogP contribution in [0.15, 0.2) is 0 Å². The van der Waals surface area contributed by atoms with E-state index in [9.17, 15) is 25.0 Å². The molecule has 26 heavy (non-hydrogen) atoms. The smallest absolute Gasteiger partial charge is 0.239 e. The first kappa shape index (κ1) is 20.7. The van der Waals surface area contributed by atoms with Gasteiger partial charge in [-0.25, -0.2) is 0 Å². The quantitative estimate of drug-likeness (QED) is 0.295. The van der Waals surface area contributed by atoms with E-state index >= 15 is 0 Å². The molecule has 148 valence electrons. The number of nitrogens with zero attached hydrogens (tertiary/aromatic N) is 2. The average Bonchev–Trinajstić information content (AvgIpc) is 2.63. The fraction of sp³-hybridized carbons (Fsp3) is 0.944. The van der Waals surface area contributed by atoms with Crippen LogP contribution in [-0.4, -0.2) is 39.9 Å². The molecule has 2 bridgehead atoms. The van der Waals surface area contributed by atoms with Crippen LogP contribution in [0.1, 0.15) is 77.6 Å². The van der Waals surface area contributed by atoms with Gasteiger partial charge >= 0.3 is 0 Å². The number of hydrogen-bond donors (Lipinski definition) is 0. The van der Waals surface area contributed by atoms with E-state index in [-0.39, 0.29) is 34.4 Å². The van der Waals surface area contributed by atoms with E-state index in [1.807, 2.05) is 0 Å². The van der Waals surface area contributed by atoms with Crippen molar-refractivity contribution in [2.75, 3.05) is 0 Å². The van der Waals surface area contributed by atoms with Gasteiger partial charge in [0.2, 0.25) is 12.1 Å². The third kappa shape index (κ3) is 5.46. The van der Waals surface area contributed by atoms with Crippen molar-refractivity contribution >= 4 is 5.78 Å². The lowest BCUT2D eigenvalue weighted by molar-refractivity contribution is -0.548. The van der Waals surface area contributed by atoms with Gasteiger partial charge in [-0.3, -0.25) is 25.0 Å². The van der Waals surface area contributed by atoms with Gasteiger partial charge in [0.1, 0.15) is 12.2 Å². The van der Waals surface area contributed by atoms with Crippen LogP contribution in [0.2, 0.25) is 0 Å². The highest BCUT2D eigenvalue weighted by Gasteiger charge is 2.50. The summed E-state index contributed by atoms with van der Waals surface area (Å²) in [5.41, 5.74) is 0. The first-order valence-corrected chi connectivity index (χ1v) is 9.89. The number of rotatable bonds is 12. The van der Waals surface area contributed by atoms with Crippen molar-refractivity contribution in [2.24, 2.45) is 5.92 Å². The Morgan fingerprint density at radius 1 is 1.12 bits per heavy atom. The third-order valence-electron chi connectivity index (χ3n) is 5.80. The van der Waals surface area contributed by atoms with Gasteiger partial charge in [-0.05, 0) is 25.2 Å². The number of nitro groups is 2. The fourth-order valence-corrected chi connectivity index (χ4v) is 4.23. The standard InChI is InChI=1S/C18H30N2O6/c1-2-3-4-5-6-7-14(19(22)23)9-10-16(21)18-13-8-11-17(26-18)15(12-13)20(24)25/h13-15,17-18H,2-12H2,1H3. The van der Waals surface area contributed by atoms with Crippen LogP contribution >= 0.6 is 0 Å². The van der Waals surface area contributed by atoms with Crippen molar-refractivity contribution in [2.45, 2.75) is 102 Å². The Morgan fingerprint density at radius 3 is 2.42 bits per heavy atom. The summed E-state index contributed by atoms with van der Waals surface area (Å²) in [5.74, 6) is -0.245. The second-order valence-electron chi connectivity index (χ2n) is 7.67. The Hall–Kier alpha value is -1.57. The number of unbranched alkanes of at least 4 members (excludes halogenated alkanes) is 4. The molecule has 0 aromatic heterocycles. The average molecular weight is 370 g/mol. The topological polar surface area (TPSA) is 113 Å². The zero-order valence-electron chi connectivity index (χ0n) is 15.5. The second-order valence-corrected chi connectivity index (χ2v) is 7.67. The van der Waals surface area contributed by atoms with Crippen LogP contribution < -0.4 is 0 Å². The lowest BCUT2D eigenvalue weighted by Gasteiger charge is -2.42. The highest BCUT2D eigenvalue weighted by atomic mass is 16.6. The lowest BCUT2D eigenvalue weighted by Crippen LogP contribution is -2.54. The van der Waals surface area contributed by atoms with Crippen molar-refractivity contribution in [3.05, 3.63) is 20.2 Å². The molecule has 3 rings (SSSR count). The summed E-state index contributed by atoms with van der Waals surface area (Å²) in [5, 5.41) is 22.3. The van der Waals surface area contributed by atoms with Gasteiger partial charge in [0, 0.05) is 35.5 Å². The van der Waals surface area contributed by atoms with E-state index in [2.05, 4.69) is 6.92 Å². The molecule has 0 N–H and O–H groups in total. The molecule has 0 aromatic rings. The van der Waals surface area contributed by atoms with Crippen molar-refractivity contribution in [3.63, 3.8) is 0 Å². The first-order chi connectivity index (χ1) is 12.4. The van der Waals surface area contributed by atoms with Crippen LogP contribution in [0.5, 0.6) is 0 Å². The van der Waals surface area contributed by atoms with Gasteiger partial charge in [0.05, 0.1) is 0 Å². The summed E-state index contributed by atoms with van der Waals surface area (Å²) < 4.78 is 5.68. The van der Waals surface area contributed by atoms with E-state index in [4.69, 9.17) is 4.74 Å². The van der Waals surface area contributed by atoms with Gasteiger partial charge in [-0.15, -0.1) is 0 Å². The highest BCUT2D eigenvalue weighted by molar-refractivity contribution is 5.83. The summed E-state index contributed by atoms with van der Waals surface area (Å²) in [6.45, 7) is 2.12. The molecule has 1 saturated carbocycles. The number of hydrogen-bond acceptors (Lipinski definition) is 6. The largest absolute Gasteiger partial charge is 0.360 e. The SMILES string of the molecule is CCCCCCCC(CCC(=O)C1OC2CCC1CC2[N+](=O)[O-])[N+](=O)[O-]. The van der Waals surface area contributed by atoms with Gasteiger partial charge < -0.3 is 4.74 Å². The van der Waals surface area contributed by atoms with E-state index in [1.54, 1.807) is 0 Å². The van der Waals surface area contributed by atoms with E-state index < -0.39 is 24.3 Å². The van der Waals surface area contributed by atoms with E-state index in [0.717, 1.165) is 38.5 Å². The second kappa shape index (κ2) is 9.94. The molecule has 3 fully saturated rings. The number of ether oxygens (including phenoxy) is 1. The number of ketones is 1. The Labute approximate surface area is 154 Å². The molecule has 8 heteroatoms. The molecule has 0 amide bonds. The van der Waals surface area contributed by atoms with Crippen LogP contribution in [0.25, 0.3) is 0 Å². The Bertz CT molecular complexity index is 512. The molecule has 0 aromatic carbocycles. The normalized spacial score (nSPS) is 28.7. The summed E-state index contributed by atoms with van der Waals surface area (Å²) in [4.78, 5) is 34.2. The molecule has 0 spiro atoms. The number of carbonyl (C=O) groups is 1. The van der Waals surface area contributed by atoms with Crippen molar-refractivity contribution in [3.8, 4) is 0 Å². The van der Waals surface area contributed by atoms with Gasteiger partial charge in [-0.2, -0.15) is 0 Å². The number of fused-ring (bicyclic) bond motifs is 3. The van der Waals surface area contributed by atoms with E-state index in [1.165, 1.54) is 0 Å². The maximum atomic E-state index is 12.5. The maximum absolute atomic E-state index is 12.5. The molecule has 1 aliphatic carbocycles. The van der Waals surface area contributed by atoms with Gasteiger partial charge in [0.15, 0.2) is 5.78 Å². The maximum Gasteiger partial charge on any atom is 0.239 e. The van der Waals surface area contributed by atoms with Crippen molar-refractivity contribution in [1.82, 2.24) is 0 Å². The minimum absolute atomic E-state index is 0.119. The monoisotopic (exact) mass is 370 g/mol. The highest BCUT2D eigenvalue weighted by Crippen LogP contribution is 2.39. The van der Waals surface area contributed by atoms with Crippen LogP contribution in [0.3, 0.4) is 0 Å². The molecule has 2 heterocycles. The number of Topliss-reactive ketones (excluding diaryl/α,β-unsaturated/α-hetero) is 1. The molecule has 0 radical (unpaired) electrons. The van der Waals surface area contributed by atoms with Gasteiger partial charge in [0.25, 0.3) is 0 Å². The molecule has 8 nitrogen and oxygen atoms in total. The molecule has 5 atom stereocenters. The molecular formula is C18H30N2O6. The fourth-order valence-electron chi connectivity index (χ4n) is 4.23. The number of carbonyl (C=O) groups excluding carboxylic acids is 1. The van der Waals surface area contributed by atoms with Crippen LogP contribution in [-0.2, 0) is 9.53 Å².